The SMILES string of the molecule is CCOC1=CC(OCC)=NN(N(C(=O)O)c2ccccc2)N1. The Morgan fingerprint density at radius 3 is 2.55 bits per heavy atom. The van der Waals surface area contributed by atoms with E-state index in [2.05, 4.69) is 10.5 Å². The van der Waals surface area contributed by atoms with E-state index in [1.165, 1.54) is 0 Å². The average Bonchev–Trinajstić information content (AvgIpc) is 2.48. The molecule has 1 amide bonds. The van der Waals surface area contributed by atoms with E-state index in [1.807, 2.05) is 13.8 Å². The Morgan fingerprint density at radius 2 is 1.95 bits per heavy atom. The number of hydrazine groups is 2. The molecule has 0 saturated heterocycles. The van der Waals surface area contributed by atoms with Gasteiger partial charge in [0.05, 0.1) is 25.0 Å². The monoisotopic (exact) mass is 306 g/mol. The zero-order valence-electron chi connectivity index (χ0n) is 12.4. The molecule has 1 aromatic rings. The molecular formula is C14H18N4O4. The van der Waals surface area contributed by atoms with Gasteiger partial charge in [-0.1, -0.05) is 28.5 Å². The molecule has 0 aliphatic carbocycles. The van der Waals surface area contributed by atoms with Crippen molar-refractivity contribution in [1.29, 1.82) is 0 Å². The Balaban J connectivity index is 2.31. The van der Waals surface area contributed by atoms with Crippen molar-refractivity contribution in [3.05, 3.63) is 42.3 Å². The van der Waals surface area contributed by atoms with Crippen LogP contribution >= 0.6 is 0 Å². The number of anilines is 1. The predicted molar refractivity (Wildman–Crippen MR) is 80.7 cm³/mol. The Kier molecular flexibility index (Phi) is 5.07. The summed E-state index contributed by atoms with van der Waals surface area (Å²) in [4.78, 5) is 11.6. The van der Waals surface area contributed by atoms with Gasteiger partial charge in [0.2, 0.25) is 11.8 Å². The summed E-state index contributed by atoms with van der Waals surface area (Å²) >= 11 is 0. The standard InChI is InChI=1S/C14H18N4O4/c1-3-21-12-10-13(22-4-2)16-18(15-12)17(14(19)20)11-8-6-5-7-9-11/h5-10,15H,3-4H2,1-2H3,(H,19,20). The number of rotatable bonds is 5. The molecule has 0 fully saturated rings. The Hall–Kier alpha value is -2.90. The highest BCUT2D eigenvalue weighted by Crippen LogP contribution is 2.18. The van der Waals surface area contributed by atoms with Crippen LogP contribution in [0.2, 0.25) is 0 Å². The highest BCUT2D eigenvalue weighted by molar-refractivity contribution is 5.89. The van der Waals surface area contributed by atoms with E-state index < -0.39 is 6.09 Å². The number of hydrogen-bond donors (Lipinski definition) is 2. The van der Waals surface area contributed by atoms with Crippen LogP contribution in [0.4, 0.5) is 10.5 Å². The summed E-state index contributed by atoms with van der Waals surface area (Å²) < 4.78 is 10.7. The molecule has 0 spiro atoms. The topological polar surface area (TPSA) is 86.6 Å². The molecule has 0 atom stereocenters. The van der Waals surface area contributed by atoms with Crippen LogP contribution in [0.5, 0.6) is 0 Å². The van der Waals surface area contributed by atoms with Crippen molar-refractivity contribution in [2.45, 2.75) is 13.8 Å². The van der Waals surface area contributed by atoms with Crippen molar-refractivity contribution < 1.29 is 19.4 Å². The van der Waals surface area contributed by atoms with Gasteiger partial charge in [-0.05, 0) is 26.0 Å². The first kappa shape index (κ1) is 15.5. The lowest BCUT2D eigenvalue weighted by Crippen LogP contribution is -2.52. The predicted octanol–water partition coefficient (Wildman–Crippen LogP) is 2.13. The third kappa shape index (κ3) is 3.60. The maximum atomic E-state index is 11.6. The van der Waals surface area contributed by atoms with Crippen LogP contribution in [-0.4, -0.2) is 35.5 Å². The number of carbonyl (C=O) groups is 1. The fourth-order valence-electron chi connectivity index (χ4n) is 1.80. The number of para-hydroxylation sites is 1. The second-order valence-corrected chi connectivity index (χ2v) is 4.14. The summed E-state index contributed by atoms with van der Waals surface area (Å²) in [6.45, 7) is 4.46. The first-order valence-corrected chi connectivity index (χ1v) is 6.86. The molecule has 2 N–H and O–H groups in total. The van der Waals surface area contributed by atoms with E-state index in [1.54, 1.807) is 36.4 Å². The highest BCUT2D eigenvalue weighted by Gasteiger charge is 2.26. The maximum Gasteiger partial charge on any atom is 0.434 e. The molecule has 8 heteroatoms. The Bertz CT molecular complexity index is 573. The molecular weight excluding hydrogens is 288 g/mol. The van der Waals surface area contributed by atoms with Crippen LogP contribution in [-0.2, 0) is 9.47 Å². The number of amides is 1. The second-order valence-electron chi connectivity index (χ2n) is 4.14. The zero-order valence-corrected chi connectivity index (χ0v) is 12.4. The number of benzene rings is 1. The molecule has 0 saturated carbocycles. The average molecular weight is 306 g/mol. The molecule has 1 aromatic carbocycles. The van der Waals surface area contributed by atoms with E-state index in [-0.39, 0.29) is 5.90 Å². The van der Waals surface area contributed by atoms with Gasteiger partial charge >= 0.3 is 6.09 Å². The number of carboxylic acid groups (broad SMARTS) is 1. The second kappa shape index (κ2) is 7.21. The minimum absolute atomic E-state index is 0.256. The quantitative estimate of drug-likeness (QED) is 0.866. The van der Waals surface area contributed by atoms with E-state index in [0.29, 0.717) is 24.8 Å². The molecule has 0 unspecified atom stereocenters. The van der Waals surface area contributed by atoms with E-state index in [9.17, 15) is 9.90 Å². The molecule has 0 bridgehead atoms. The van der Waals surface area contributed by atoms with Crippen LogP contribution < -0.4 is 10.4 Å². The van der Waals surface area contributed by atoms with Gasteiger partial charge in [0, 0.05) is 0 Å². The molecule has 2 rings (SSSR count). The molecule has 118 valence electrons. The van der Waals surface area contributed by atoms with Crippen LogP contribution in [0.25, 0.3) is 0 Å². The smallest absolute Gasteiger partial charge is 0.434 e. The third-order valence-electron chi connectivity index (χ3n) is 2.62. The minimum Gasteiger partial charge on any atom is -0.478 e. The van der Waals surface area contributed by atoms with Crippen molar-refractivity contribution >= 4 is 17.7 Å². The third-order valence-corrected chi connectivity index (χ3v) is 2.62. The van der Waals surface area contributed by atoms with Gasteiger partial charge in [0.15, 0.2) is 0 Å². The van der Waals surface area contributed by atoms with Crippen LogP contribution in [0, 0.1) is 0 Å². The first-order chi connectivity index (χ1) is 10.7. The van der Waals surface area contributed by atoms with Crippen molar-refractivity contribution in [2.75, 3.05) is 18.2 Å². The number of hydrazone groups is 1. The summed E-state index contributed by atoms with van der Waals surface area (Å²) in [6, 6.07) is 8.59. The number of nitrogens with one attached hydrogen (secondary N) is 1. The van der Waals surface area contributed by atoms with Gasteiger partial charge in [-0.25, -0.2) is 10.2 Å². The summed E-state index contributed by atoms with van der Waals surface area (Å²) in [5, 5.41) is 15.6. The lowest BCUT2D eigenvalue weighted by Gasteiger charge is -2.32. The fourth-order valence-corrected chi connectivity index (χ4v) is 1.80. The number of hydrogen-bond acceptors (Lipinski definition) is 6. The molecule has 1 aliphatic rings. The Labute approximate surface area is 128 Å². The number of ether oxygens (including phenoxy) is 2. The minimum atomic E-state index is -1.20. The van der Waals surface area contributed by atoms with Gasteiger partial charge in [0.1, 0.15) is 0 Å². The lowest BCUT2D eigenvalue weighted by atomic mass is 10.3. The van der Waals surface area contributed by atoms with Gasteiger partial charge in [0.25, 0.3) is 0 Å². The van der Waals surface area contributed by atoms with Gasteiger partial charge in [-0.15, -0.1) is 5.01 Å². The molecule has 1 heterocycles. The lowest BCUT2D eigenvalue weighted by molar-refractivity contribution is 0.0961. The van der Waals surface area contributed by atoms with Gasteiger partial charge in [-0.3, -0.25) is 0 Å². The maximum absolute atomic E-state index is 11.6. The number of nitrogens with zero attached hydrogens (tertiary/aromatic N) is 3. The largest absolute Gasteiger partial charge is 0.478 e. The van der Waals surface area contributed by atoms with Crippen molar-refractivity contribution in [3.63, 3.8) is 0 Å². The van der Waals surface area contributed by atoms with E-state index >= 15 is 0 Å². The van der Waals surface area contributed by atoms with Crippen LogP contribution in [0.3, 0.4) is 0 Å². The first-order valence-electron chi connectivity index (χ1n) is 6.86. The summed E-state index contributed by atoms with van der Waals surface area (Å²) in [5.41, 5.74) is 3.20. The highest BCUT2D eigenvalue weighted by atomic mass is 16.5. The van der Waals surface area contributed by atoms with Gasteiger partial charge in [-0.2, -0.15) is 0 Å². The molecule has 0 radical (unpaired) electrons. The summed E-state index contributed by atoms with van der Waals surface area (Å²) in [6.07, 6.45) is 0.366. The fraction of sp³-hybridized carbons (Fsp3) is 0.286. The van der Waals surface area contributed by atoms with Crippen molar-refractivity contribution in [1.82, 2.24) is 10.7 Å². The van der Waals surface area contributed by atoms with Crippen molar-refractivity contribution in [3.8, 4) is 0 Å². The van der Waals surface area contributed by atoms with Gasteiger partial charge < -0.3 is 14.6 Å². The van der Waals surface area contributed by atoms with Crippen LogP contribution in [0.15, 0.2) is 47.4 Å². The normalized spacial score (nSPS) is 13.6. The molecule has 22 heavy (non-hydrogen) atoms. The zero-order chi connectivity index (χ0) is 15.9. The van der Waals surface area contributed by atoms with E-state index in [4.69, 9.17) is 9.47 Å². The summed E-state index contributed by atoms with van der Waals surface area (Å²) in [7, 11) is 0. The van der Waals surface area contributed by atoms with Crippen molar-refractivity contribution in [2.24, 2.45) is 5.10 Å². The summed E-state index contributed by atoms with van der Waals surface area (Å²) in [5.74, 6) is 0.606. The Morgan fingerprint density at radius 1 is 1.27 bits per heavy atom. The van der Waals surface area contributed by atoms with E-state index in [0.717, 1.165) is 10.2 Å². The van der Waals surface area contributed by atoms with Crippen LogP contribution in [0.1, 0.15) is 13.8 Å². The molecule has 8 nitrogen and oxygen atoms in total. The molecule has 0 aromatic heterocycles. The molecule has 1 aliphatic heterocycles.